The van der Waals surface area contributed by atoms with E-state index in [-0.39, 0.29) is 5.41 Å². The van der Waals surface area contributed by atoms with Crippen molar-refractivity contribution in [1.82, 2.24) is 10.2 Å². The molecular formula is C17H23BrN4OS. The number of benzene rings is 1. The van der Waals surface area contributed by atoms with E-state index in [1.54, 1.807) is 11.3 Å². The van der Waals surface area contributed by atoms with E-state index in [0.717, 1.165) is 47.5 Å². The van der Waals surface area contributed by atoms with Crippen LogP contribution in [0.2, 0.25) is 0 Å². The average molecular weight is 411 g/mol. The zero-order chi connectivity index (χ0) is 17.2. The summed E-state index contributed by atoms with van der Waals surface area (Å²) < 4.78 is 6.57. The predicted octanol–water partition coefficient (Wildman–Crippen LogP) is 4.05. The van der Waals surface area contributed by atoms with Gasteiger partial charge in [0.15, 0.2) is 0 Å². The van der Waals surface area contributed by atoms with Crippen molar-refractivity contribution in [3.05, 3.63) is 33.2 Å². The summed E-state index contributed by atoms with van der Waals surface area (Å²) >= 11 is 5.21. The highest BCUT2D eigenvalue weighted by Crippen LogP contribution is 2.30. The predicted molar refractivity (Wildman–Crippen MR) is 103 cm³/mol. The van der Waals surface area contributed by atoms with Gasteiger partial charge in [-0.2, -0.15) is 0 Å². The van der Waals surface area contributed by atoms with Crippen molar-refractivity contribution in [3.8, 4) is 0 Å². The first-order valence-corrected chi connectivity index (χ1v) is 9.73. The largest absolute Gasteiger partial charge is 0.378 e. The second-order valence-corrected chi connectivity index (χ2v) is 8.78. The standard InChI is InChI=1S/C17H23BrN4OS/c1-17(2,3)15-20-21-16(24-15)19-11-12-4-5-13(18)10-14(12)22-6-8-23-9-7-22/h4-5,10H,6-9,11H2,1-3H3,(H,19,21). The number of nitrogens with zero attached hydrogens (tertiary/aromatic N) is 3. The summed E-state index contributed by atoms with van der Waals surface area (Å²) in [6, 6.07) is 6.43. The first-order valence-electron chi connectivity index (χ1n) is 8.12. The lowest BCUT2D eigenvalue weighted by atomic mass is 9.98. The molecule has 1 N–H and O–H groups in total. The molecule has 0 amide bonds. The average Bonchev–Trinajstić information content (AvgIpc) is 3.04. The summed E-state index contributed by atoms with van der Waals surface area (Å²) in [5, 5.41) is 13.9. The molecule has 1 fully saturated rings. The highest BCUT2D eigenvalue weighted by atomic mass is 79.9. The second-order valence-electron chi connectivity index (χ2n) is 6.89. The Kier molecular flexibility index (Phi) is 5.42. The van der Waals surface area contributed by atoms with Crippen LogP contribution in [-0.4, -0.2) is 36.5 Å². The Morgan fingerprint density at radius 1 is 1.25 bits per heavy atom. The first-order chi connectivity index (χ1) is 11.4. The van der Waals surface area contributed by atoms with Gasteiger partial charge in [0.2, 0.25) is 5.13 Å². The Bertz CT molecular complexity index is 692. The quantitative estimate of drug-likeness (QED) is 0.823. The molecule has 0 unspecified atom stereocenters. The maximum atomic E-state index is 5.47. The molecule has 1 aromatic carbocycles. The van der Waals surface area contributed by atoms with E-state index in [1.807, 2.05) is 0 Å². The zero-order valence-corrected chi connectivity index (χ0v) is 16.7. The van der Waals surface area contributed by atoms with Crippen LogP contribution in [0.3, 0.4) is 0 Å². The van der Waals surface area contributed by atoms with Gasteiger partial charge in [0, 0.05) is 35.2 Å². The number of hydrogen-bond donors (Lipinski definition) is 1. The number of nitrogens with one attached hydrogen (secondary N) is 1. The van der Waals surface area contributed by atoms with Gasteiger partial charge in [-0.25, -0.2) is 0 Å². The summed E-state index contributed by atoms with van der Waals surface area (Å²) in [7, 11) is 0. The SMILES string of the molecule is CC(C)(C)c1nnc(NCc2ccc(Br)cc2N2CCOCC2)s1. The molecule has 0 aliphatic carbocycles. The maximum absolute atomic E-state index is 5.47. The number of anilines is 2. The van der Waals surface area contributed by atoms with Crippen LogP contribution >= 0.6 is 27.3 Å². The number of rotatable bonds is 4. The van der Waals surface area contributed by atoms with Gasteiger partial charge in [0.25, 0.3) is 0 Å². The van der Waals surface area contributed by atoms with Crippen LogP contribution in [0.15, 0.2) is 22.7 Å². The minimum Gasteiger partial charge on any atom is -0.378 e. The lowest BCUT2D eigenvalue weighted by Crippen LogP contribution is -2.36. The summed E-state index contributed by atoms with van der Waals surface area (Å²) in [4.78, 5) is 2.38. The van der Waals surface area contributed by atoms with Crippen molar-refractivity contribution in [2.75, 3.05) is 36.5 Å². The fraction of sp³-hybridized carbons (Fsp3) is 0.529. The molecule has 0 atom stereocenters. The smallest absolute Gasteiger partial charge is 0.205 e. The third-order valence-electron chi connectivity index (χ3n) is 3.90. The van der Waals surface area contributed by atoms with Crippen LogP contribution in [0.4, 0.5) is 10.8 Å². The van der Waals surface area contributed by atoms with Gasteiger partial charge in [0.1, 0.15) is 5.01 Å². The van der Waals surface area contributed by atoms with E-state index in [1.165, 1.54) is 11.3 Å². The van der Waals surface area contributed by atoms with E-state index >= 15 is 0 Å². The molecule has 1 aromatic heterocycles. The molecule has 1 aliphatic rings. The molecule has 7 heteroatoms. The third-order valence-corrected chi connectivity index (χ3v) is 5.70. The van der Waals surface area contributed by atoms with Crippen LogP contribution in [0.25, 0.3) is 0 Å². The Morgan fingerprint density at radius 3 is 2.67 bits per heavy atom. The molecule has 3 rings (SSSR count). The second kappa shape index (κ2) is 7.37. The number of hydrogen-bond acceptors (Lipinski definition) is 6. The van der Waals surface area contributed by atoms with Crippen molar-refractivity contribution < 1.29 is 4.74 Å². The number of halogens is 1. The molecule has 0 spiro atoms. The molecular weight excluding hydrogens is 388 g/mol. The van der Waals surface area contributed by atoms with Crippen molar-refractivity contribution in [3.63, 3.8) is 0 Å². The van der Waals surface area contributed by atoms with Crippen molar-refractivity contribution in [2.24, 2.45) is 0 Å². The summed E-state index contributed by atoms with van der Waals surface area (Å²) in [5.74, 6) is 0. The normalized spacial score (nSPS) is 15.6. The van der Waals surface area contributed by atoms with Gasteiger partial charge in [-0.1, -0.05) is 54.1 Å². The molecule has 5 nitrogen and oxygen atoms in total. The zero-order valence-electron chi connectivity index (χ0n) is 14.3. The number of aromatic nitrogens is 2. The van der Waals surface area contributed by atoms with Crippen molar-refractivity contribution in [2.45, 2.75) is 32.7 Å². The number of morpholine rings is 1. The van der Waals surface area contributed by atoms with Crippen LogP contribution in [0.1, 0.15) is 31.3 Å². The molecule has 0 bridgehead atoms. The Labute approximate surface area is 155 Å². The fourth-order valence-corrected chi connectivity index (χ4v) is 3.70. The van der Waals surface area contributed by atoms with Gasteiger partial charge in [-0.3, -0.25) is 0 Å². The van der Waals surface area contributed by atoms with E-state index in [2.05, 4.69) is 75.3 Å². The van der Waals surface area contributed by atoms with Crippen molar-refractivity contribution >= 4 is 38.1 Å². The van der Waals surface area contributed by atoms with Gasteiger partial charge in [0.05, 0.1) is 13.2 Å². The minimum atomic E-state index is 0.0359. The highest BCUT2D eigenvalue weighted by molar-refractivity contribution is 9.10. The van der Waals surface area contributed by atoms with Gasteiger partial charge >= 0.3 is 0 Å². The van der Waals surface area contributed by atoms with Gasteiger partial charge in [-0.15, -0.1) is 10.2 Å². The monoisotopic (exact) mass is 410 g/mol. The molecule has 0 saturated carbocycles. The fourth-order valence-electron chi connectivity index (χ4n) is 2.55. The molecule has 0 radical (unpaired) electrons. The molecule has 2 aromatic rings. The Hall–Kier alpha value is -1.18. The van der Waals surface area contributed by atoms with E-state index in [4.69, 9.17) is 4.74 Å². The highest BCUT2D eigenvalue weighted by Gasteiger charge is 2.20. The van der Waals surface area contributed by atoms with Crippen molar-refractivity contribution in [1.29, 1.82) is 0 Å². The van der Waals surface area contributed by atoms with Crippen LogP contribution in [-0.2, 0) is 16.7 Å². The molecule has 1 aliphatic heterocycles. The Morgan fingerprint density at radius 2 is 2.00 bits per heavy atom. The van der Waals surface area contributed by atoms with Crippen LogP contribution < -0.4 is 10.2 Å². The molecule has 2 heterocycles. The first kappa shape index (κ1) is 17.6. The molecule has 130 valence electrons. The lowest BCUT2D eigenvalue weighted by molar-refractivity contribution is 0.122. The van der Waals surface area contributed by atoms with E-state index < -0.39 is 0 Å². The summed E-state index contributed by atoms with van der Waals surface area (Å²) in [6.07, 6.45) is 0. The minimum absolute atomic E-state index is 0.0359. The Balaban J connectivity index is 1.74. The van der Waals surface area contributed by atoms with E-state index in [9.17, 15) is 0 Å². The molecule has 24 heavy (non-hydrogen) atoms. The summed E-state index contributed by atoms with van der Waals surface area (Å²) in [5.41, 5.74) is 2.54. The van der Waals surface area contributed by atoms with Gasteiger partial charge in [-0.05, 0) is 17.7 Å². The lowest BCUT2D eigenvalue weighted by Gasteiger charge is -2.30. The number of ether oxygens (including phenoxy) is 1. The molecule has 1 saturated heterocycles. The van der Waals surface area contributed by atoms with Crippen LogP contribution in [0, 0.1) is 0 Å². The summed E-state index contributed by atoms with van der Waals surface area (Å²) in [6.45, 7) is 10.6. The van der Waals surface area contributed by atoms with Gasteiger partial charge < -0.3 is 15.0 Å². The van der Waals surface area contributed by atoms with E-state index in [0.29, 0.717) is 0 Å². The topological polar surface area (TPSA) is 50.3 Å². The van der Waals surface area contributed by atoms with Crippen LogP contribution in [0.5, 0.6) is 0 Å². The maximum Gasteiger partial charge on any atom is 0.205 e. The third kappa shape index (κ3) is 4.26.